The Kier molecular flexibility index (Phi) is 19.4. The Bertz CT molecular complexity index is 1540. The summed E-state index contributed by atoms with van der Waals surface area (Å²) >= 11 is 0. The van der Waals surface area contributed by atoms with E-state index in [2.05, 4.69) is 22.5 Å². The predicted molar refractivity (Wildman–Crippen MR) is 213 cm³/mol. The fourth-order valence-corrected chi connectivity index (χ4v) is 7.18. The third-order valence-corrected chi connectivity index (χ3v) is 10.3. The minimum atomic E-state index is -1.32. The maximum absolute atomic E-state index is 12.2. The molecule has 0 amide bonds. The highest BCUT2D eigenvalue weighted by Crippen LogP contribution is 2.30. The lowest BCUT2D eigenvalue weighted by Crippen LogP contribution is -2.54. The van der Waals surface area contributed by atoms with Gasteiger partial charge >= 0.3 is 5.97 Å². The van der Waals surface area contributed by atoms with Crippen molar-refractivity contribution in [3.8, 4) is 17.6 Å². The molecule has 0 radical (unpaired) electrons. The summed E-state index contributed by atoms with van der Waals surface area (Å²) in [7, 11) is 0. The Hall–Kier alpha value is -3.53. The largest absolute Gasteiger partial charge is 0.508 e. The number of hydrogen-bond donors (Lipinski definition) is 9. The molecule has 2 aromatic rings. The second kappa shape index (κ2) is 23.4. The summed E-state index contributed by atoms with van der Waals surface area (Å²) in [6.45, 7) is 6.03. The van der Waals surface area contributed by atoms with Gasteiger partial charge in [-0.1, -0.05) is 87.4 Å². The molecule has 0 aliphatic carbocycles. The summed E-state index contributed by atoms with van der Waals surface area (Å²) in [6.07, 6.45) is 6.76. The topological polar surface area (TPSA) is 183 Å². The number of fused-ring (bicyclic) bond motifs is 1. The molecule has 0 saturated heterocycles. The minimum Gasteiger partial charge on any atom is -0.508 e. The average molecular weight is 749 g/mol. The first-order valence-corrected chi connectivity index (χ1v) is 19.7. The minimum absolute atomic E-state index is 0.0114. The lowest BCUT2D eigenvalue weighted by Gasteiger charge is -2.38. The number of unbranched alkanes of at least 4 members (excludes halogenated alkanes) is 1. The second-order valence-corrected chi connectivity index (χ2v) is 14.9. The fourth-order valence-electron chi connectivity index (χ4n) is 7.18. The number of carboxylic acid groups (broad SMARTS) is 1. The van der Waals surface area contributed by atoms with Gasteiger partial charge in [0.2, 0.25) is 0 Å². The standard InChI is InChI=1S/C44H64N2O8/c1-4-6-16-40(50)41(51)26-22-34-21-20-33-12-8-7-11-32(33)13-9-17-42(44(3,54)29-31-18-24-36(48)25-19-31)46-39(38(34)28-37(49)30-47)15-10-14-35(45-5-2)23-27-43(52)53/h7-8,11-12,18-19,22,24-26,35,37,39-42,45-51,54H,4-6,10,14-17,20-21,23,27-30H2,1-3H3,(H,52,53). The van der Waals surface area contributed by atoms with Crippen molar-refractivity contribution in [2.75, 3.05) is 13.2 Å². The number of carbonyl (C=O) groups is 1. The number of benzene rings is 2. The van der Waals surface area contributed by atoms with Crippen molar-refractivity contribution < 1.29 is 40.5 Å². The molecule has 3 rings (SSSR count). The second-order valence-electron chi connectivity index (χ2n) is 14.9. The summed E-state index contributed by atoms with van der Waals surface area (Å²) in [4.78, 5) is 11.4. The number of aliphatic hydroxyl groups excluding tert-OH is 4. The molecule has 2 aromatic carbocycles. The monoisotopic (exact) mass is 748 g/mol. The van der Waals surface area contributed by atoms with E-state index in [9.17, 15) is 40.5 Å². The zero-order valence-corrected chi connectivity index (χ0v) is 32.4. The van der Waals surface area contributed by atoms with Crippen molar-refractivity contribution in [3.05, 3.63) is 88.5 Å². The lowest BCUT2D eigenvalue weighted by molar-refractivity contribution is -0.137. The van der Waals surface area contributed by atoms with Crippen LogP contribution in [0.5, 0.6) is 5.75 Å². The van der Waals surface area contributed by atoms with Gasteiger partial charge in [-0.3, -0.25) is 4.79 Å². The number of hydrogen-bond acceptors (Lipinski definition) is 9. The average Bonchev–Trinajstić information content (AvgIpc) is 3.14. The van der Waals surface area contributed by atoms with E-state index in [1.54, 1.807) is 37.3 Å². The third-order valence-electron chi connectivity index (χ3n) is 10.3. The highest BCUT2D eigenvalue weighted by atomic mass is 16.4. The molecule has 0 fully saturated rings. The van der Waals surface area contributed by atoms with Crippen LogP contribution >= 0.6 is 0 Å². The molecule has 1 aliphatic rings. The zero-order chi connectivity index (χ0) is 39.5. The highest BCUT2D eigenvalue weighted by molar-refractivity contribution is 5.66. The van der Waals surface area contributed by atoms with Crippen LogP contribution in [0.3, 0.4) is 0 Å². The molecule has 298 valence electrons. The first kappa shape index (κ1) is 44.9. The van der Waals surface area contributed by atoms with Gasteiger partial charge in [0, 0.05) is 43.0 Å². The van der Waals surface area contributed by atoms with E-state index in [1.165, 1.54) is 0 Å². The Balaban J connectivity index is 2.18. The molecule has 7 unspecified atom stereocenters. The quantitative estimate of drug-likeness (QED) is 0.0795. The fraction of sp³-hybridized carbons (Fsp3) is 0.568. The number of phenols is 1. The van der Waals surface area contributed by atoms with Crippen LogP contribution in [0.1, 0.15) is 108 Å². The number of phenolic OH excluding ortho intramolecular Hbond substituents is 1. The molecule has 1 heterocycles. The van der Waals surface area contributed by atoms with Gasteiger partial charge in [0.25, 0.3) is 0 Å². The summed E-state index contributed by atoms with van der Waals surface area (Å²) < 4.78 is 0. The van der Waals surface area contributed by atoms with Crippen molar-refractivity contribution in [2.45, 2.75) is 146 Å². The number of carboxylic acids is 1. The van der Waals surface area contributed by atoms with Crippen molar-refractivity contribution in [1.82, 2.24) is 10.6 Å². The Morgan fingerprint density at radius 1 is 1.04 bits per heavy atom. The van der Waals surface area contributed by atoms with E-state index >= 15 is 0 Å². The normalized spacial score (nSPS) is 20.1. The van der Waals surface area contributed by atoms with E-state index in [1.807, 2.05) is 44.2 Å². The number of aryl methyl sites for hydroxylation is 1. The molecule has 10 heteroatoms. The Morgan fingerprint density at radius 2 is 1.78 bits per heavy atom. The van der Waals surface area contributed by atoms with Gasteiger partial charge in [-0.15, -0.1) is 0 Å². The predicted octanol–water partition coefficient (Wildman–Crippen LogP) is 4.92. The number of aliphatic carboxylic acids is 1. The van der Waals surface area contributed by atoms with Gasteiger partial charge in [0.15, 0.2) is 0 Å². The van der Waals surface area contributed by atoms with Crippen LogP contribution in [0, 0.1) is 11.8 Å². The molecule has 54 heavy (non-hydrogen) atoms. The van der Waals surface area contributed by atoms with E-state index in [0.717, 1.165) is 40.7 Å². The number of allylic oxidation sites excluding steroid dienone is 2. The molecule has 0 aromatic heterocycles. The number of rotatable bonds is 21. The maximum Gasteiger partial charge on any atom is 0.303 e. The van der Waals surface area contributed by atoms with Crippen LogP contribution in [0.15, 0.2) is 71.8 Å². The van der Waals surface area contributed by atoms with Crippen molar-refractivity contribution in [3.63, 3.8) is 0 Å². The van der Waals surface area contributed by atoms with Crippen LogP contribution in [0.2, 0.25) is 0 Å². The third kappa shape index (κ3) is 15.3. The van der Waals surface area contributed by atoms with Gasteiger partial charge in [0.05, 0.1) is 30.5 Å². The van der Waals surface area contributed by atoms with Gasteiger partial charge in [-0.25, -0.2) is 0 Å². The van der Waals surface area contributed by atoms with E-state index in [0.29, 0.717) is 51.5 Å². The number of nitrogens with one attached hydrogen (secondary N) is 2. The SMILES string of the molecule is CCCCC(O)C(O)C=CC1=C(CC(O)CO)C(CCCC(CCC(=O)O)NCC)NC(C(C)(O)Cc2ccc(O)cc2)CC#Cc2ccccc2CC1. The zero-order valence-electron chi connectivity index (χ0n) is 32.4. The van der Waals surface area contributed by atoms with Crippen LogP contribution in [0.4, 0.5) is 0 Å². The van der Waals surface area contributed by atoms with Crippen molar-refractivity contribution >= 4 is 5.97 Å². The molecule has 1 aliphatic heterocycles. The first-order chi connectivity index (χ1) is 25.9. The molecule has 7 atom stereocenters. The van der Waals surface area contributed by atoms with Crippen molar-refractivity contribution in [2.24, 2.45) is 0 Å². The van der Waals surface area contributed by atoms with Gasteiger partial charge in [0.1, 0.15) is 5.75 Å². The number of aromatic hydroxyl groups is 1. The molecule has 10 nitrogen and oxygen atoms in total. The number of aliphatic hydroxyl groups is 5. The van der Waals surface area contributed by atoms with Crippen LogP contribution in [-0.2, 0) is 17.6 Å². The lowest BCUT2D eigenvalue weighted by atomic mass is 9.83. The summed E-state index contributed by atoms with van der Waals surface area (Å²) in [5, 5.41) is 81.5. The van der Waals surface area contributed by atoms with E-state index in [4.69, 9.17) is 0 Å². The smallest absolute Gasteiger partial charge is 0.303 e. The van der Waals surface area contributed by atoms with Crippen LogP contribution in [0.25, 0.3) is 0 Å². The summed E-state index contributed by atoms with van der Waals surface area (Å²) in [5.41, 5.74) is 3.08. The van der Waals surface area contributed by atoms with Crippen LogP contribution < -0.4 is 10.6 Å². The first-order valence-electron chi connectivity index (χ1n) is 19.7. The molecule has 9 N–H and O–H groups in total. The van der Waals surface area contributed by atoms with Gasteiger partial charge in [-0.2, -0.15) is 0 Å². The van der Waals surface area contributed by atoms with E-state index in [-0.39, 0.29) is 37.5 Å². The Labute approximate surface area is 322 Å². The molecular weight excluding hydrogens is 684 g/mol. The van der Waals surface area contributed by atoms with Gasteiger partial charge < -0.3 is 46.4 Å². The summed E-state index contributed by atoms with van der Waals surface area (Å²) in [6, 6.07) is 13.7. The molecular formula is C44H64N2O8. The maximum atomic E-state index is 12.2. The molecule has 0 bridgehead atoms. The van der Waals surface area contributed by atoms with Gasteiger partial charge in [-0.05, 0) is 98.9 Å². The van der Waals surface area contributed by atoms with Crippen molar-refractivity contribution in [1.29, 1.82) is 0 Å². The summed E-state index contributed by atoms with van der Waals surface area (Å²) in [5.74, 6) is 5.97. The van der Waals surface area contributed by atoms with Crippen LogP contribution in [-0.4, -0.2) is 96.9 Å². The van der Waals surface area contributed by atoms with E-state index < -0.39 is 48.6 Å². The molecule has 0 saturated carbocycles. The molecule has 0 spiro atoms. The Morgan fingerprint density at radius 3 is 2.46 bits per heavy atom. The highest BCUT2D eigenvalue weighted by Gasteiger charge is 2.35.